The topological polar surface area (TPSA) is 211 Å². The SMILES string of the molecule is Nc1ccc(C(=O)OCC2(O)COC(OC3C(Oc4ccc(CCO)cc4)OC(CO)C(O)C3O)C2O)cc1. The largest absolute Gasteiger partial charge is 0.462 e. The number of nitrogens with two attached hydrogens (primary N) is 1. The number of hydrogen-bond donors (Lipinski definition) is 7. The van der Waals surface area contributed by atoms with Crippen molar-refractivity contribution in [3.8, 4) is 5.75 Å². The molecule has 0 aromatic heterocycles. The molecule has 4 rings (SSSR count). The Bertz CT molecular complexity index is 1080. The van der Waals surface area contributed by atoms with E-state index in [0.29, 0.717) is 17.9 Å². The molecule has 13 nitrogen and oxygen atoms in total. The summed E-state index contributed by atoms with van der Waals surface area (Å²) in [6, 6.07) is 12.6. The summed E-state index contributed by atoms with van der Waals surface area (Å²) in [5, 5.41) is 61.5. The van der Waals surface area contributed by atoms with E-state index in [0.717, 1.165) is 5.56 Å². The van der Waals surface area contributed by atoms with E-state index in [1.807, 2.05) is 0 Å². The van der Waals surface area contributed by atoms with Gasteiger partial charge in [0.2, 0.25) is 6.29 Å². The molecule has 8 atom stereocenters. The van der Waals surface area contributed by atoms with Gasteiger partial charge in [0.15, 0.2) is 18.0 Å². The van der Waals surface area contributed by atoms with Crippen LogP contribution in [0.25, 0.3) is 0 Å². The minimum absolute atomic E-state index is 0.0270. The van der Waals surface area contributed by atoms with Crippen molar-refractivity contribution in [3.05, 3.63) is 59.7 Å². The molecule has 0 radical (unpaired) electrons. The zero-order valence-electron chi connectivity index (χ0n) is 20.9. The van der Waals surface area contributed by atoms with Crippen LogP contribution in [0.2, 0.25) is 0 Å². The molecule has 8 unspecified atom stereocenters. The molecule has 8 N–H and O–H groups in total. The van der Waals surface area contributed by atoms with E-state index in [2.05, 4.69) is 0 Å². The zero-order chi connectivity index (χ0) is 28.2. The molecule has 0 spiro atoms. The summed E-state index contributed by atoms with van der Waals surface area (Å²) in [5.41, 5.74) is 5.06. The molecule has 2 aliphatic heterocycles. The minimum Gasteiger partial charge on any atom is -0.462 e. The molecule has 2 aliphatic rings. The number of rotatable bonds is 10. The van der Waals surface area contributed by atoms with Crippen molar-refractivity contribution in [2.24, 2.45) is 0 Å². The van der Waals surface area contributed by atoms with Gasteiger partial charge in [0.1, 0.15) is 36.8 Å². The van der Waals surface area contributed by atoms with Crippen LogP contribution in [0, 0.1) is 0 Å². The number of aliphatic hydroxyl groups is 6. The number of hydrogen-bond acceptors (Lipinski definition) is 13. The van der Waals surface area contributed by atoms with E-state index in [-0.39, 0.29) is 12.2 Å². The lowest BCUT2D eigenvalue weighted by Gasteiger charge is -2.42. The summed E-state index contributed by atoms with van der Waals surface area (Å²) in [4.78, 5) is 12.3. The maximum absolute atomic E-state index is 12.3. The summed E-state index contributed by atoms with van der Waals surface area (Å²) < 4.78 is 27.7. The number of benzene rings is 2. The predicted octanol–water partition coefficient (Wildman–Crippen LogP) is -1.69. The van der Waals surface area contributed by atoms with E-state index in [1.165, 1.54) is 24.3 Å². The van der Waals surface area contributed by atoms with Crippen molar-refractivity contribution in [1.29, 1.82) is 0 Å². The van der Waals surface area contributed by atoms with Crippen LogP contribution in [0.5, 0.6) is 5.75 Å². The lowest BCUT2D eigenvalue weighted by molar-refractivity contribution is -0.318. The van der Waals surface area contributed by atoms with Crippen molar-refractivity contribution in [3.63, 3.8) is 0 Å². The molecule has 0 bridgehead atoms. The van der Waals surface area contributed by atoms with Crippen LogP contribution in [-0.2, 0) is 25.4 Å². The van der Waals surface area contributed by atoms with E-state index in [1.54, 1.807) is 24.3 Å². The van der Waals surface area contributed by atoms with Gasteiger partial charge in [-0.15, -0.1) is 0 Å². The monoisotopic (exact) mass is 551 g/mol. The fraction of sp³-hybridized carbons (Fsp3) is 0.500. The van der Waals surface area contributed by atoms with E-state index < -0.39 is 74.5 Å². The molecular weight excluding hydrogens is 518 g/mol. The minimum atomic E-state index is -2.04. The van der Waals surface area contributed by atoms with Crippen molar-refractivity contribution in [1.82, 2.24) is 0 Å². The molecule has 214 valence electrons. The van der Waals surface area contributed by atoms with E-state index >= 15 is 0 Å². The third-order valence-electron chi connectivity index (χ3n) is 6.60. The maximum atomic E-state index is 12.3. The molecule has 39 heavy (non-hydrogen) atoms. The van der Waals surface area contributed by atoms with Gasteiger partial charge < -0.3 is 60.1 Å². The Kier molecular flexibility index (Phi) is 9.38. The number of carbonyl (C=O) groups is 1. The first-order valence-corrected chi connectivity index (χ1v) is 12.3. The summed E-state index contributed by atoms with van der Waals surface area (Å²) in [7, 11) is 0. The highest BCUT2D eigenvalue weighted by Crippen LogP contribution is 2.32. The van der Waals surface area contributed by atoms with Crippen LogP contribution in [0.1, 0.15) is 15.9 Å². The van der Waals surface area contributed by atoms with E-state index in [4.69, 9.17) is 34.5 Å². The first-order chi connectivity index (χ1) is 18.6. The van der Waals surface area contributed by atoms with Gasteiger partial charge in [-0.3, -0.25) is 0 Å². The lowest BCUT2D eigenvalue weighted by atomic mass is 9.98. The average Bonchev–Trinajstić information content (AvgIpc) is 3.21. The first kappa shape index (κ1) is 29.1. The molecule has 2 saturated heterocycles. The van der Waals surface area contributed by atoms with Crippen LogP contribution in [0.15, 0.2) is 48.5 Å². The second-order valence-electron chi connectivity index (χ2n) is 9.47. The summed E-state index contributed by atoms with van der Waals surface area (Å²) in [6.07, 6.45) is -10.0. The molecule has 2 aromatic carbocycles. The van der Waals surface area contributed by atoms with Crippen LogP contribution >= 0.6 is 0 Å². The number of ether oxygens (including phenoxy) is 5. The van der Waals surface area contributed by atoms with Gasteiger partial charge in [0, 0.05) is 12.3 Å². The summed E-state index contributed by atoms with van der Waals surface area (Å²) in [5.74, 6) is -0.456. The van der Waals surface area contributed by atoms with Crippen LogP contribution < -0.4 is 10.5 Å². The molecule has 0 aliphatic carbocycles. The standard InChI is InChI=1S/C26H33NO12/c27-16-5-3-15(4-6-16)23(33)35-12-26(34)13-36-25(22(26)32)39-21-20(31)19(30)18(11-29)38-24(21)37-17-7-1-14(2-8-17)9-10-28/h1-8,18-22,24-25,28-32,34H,9-13,27H2. The number of carbonyl (C=O) groups excluding carboxylic acids is 1. The molecule has 2 fully saturated rings. The molecule has 13 heteroatoms. The highest BCUT2D eigenvalue weighted by molar-refractivity contribution is 5.89. The van der Waals surface area contributed by atoms with Gasteiger partial charge in [0.05, 0.1) is 18.8 Å². The Morgan fingerprint density at radius 1 is 1.00 bits per heavy atom. The summed E-state index contributed by atoms with van der Waals surface area (Å²) >= 11 is 0. The highest BCUT2D eigenvalue weighted by Gasteiger charge is 2.54. The predicted molar refractivity (Wildman–Crippen MR) is 132 cm³/mol. The Balaban J connectivity index is 1.43. The number of aliphatic hydroxyl groups excluding tert-OH is 5. The Morgan fingerprint density at radius 3 is 2.33 bits per heavy atom. The second-order valence-corrected chi connectivity index (χ2v) is 9.47. The fourth-order valence-corrected chi connectivity index (χ4v) is 4.24. The van der Waals surface area contributed by atoms with Crippen LogP contribution in [0.3, 0.4) is 0 Å². The molecule has 2 heterocycles. The lowest BCUT2D eigenvalue weighted by Crippen LogP contribution is -2.62. The highest BCUT2D eigenvalue weighted by atomic mass is 16.8. The van der Waals surface area contributed by atoms with Crippen molar-refractivity contribution in [2.75, 3.05) is 32.2 Å². The maximum Gasteiger partial charge on any atom is 0.338 e. The van der Waals surface area contributed by atoms with Gasteiger partial charge in [-0.2, -0.15) is 0 Å². The molecule has 2 aromatic rings. The van der Waals surface area contributed by atoms with Crippen molar-refractivity contribution >= 4 is 11.7 Å². The van der Waals surface area contributed by atoms with Gasteiger partial charge in [-0.1, -0.05) is 12.1 Å². The van der Waals surface area contributed by atoms with Crippen molar-refractivity contribution < 1.29 is 59.1 Å². The first-order valence-electron chi connectivity index (χ1n) is 12.3. The Hall–Kier alpha value is -2.85. The second kappa shape index (κ2) is 12.6. The Labute approximate surface area is 223 Å². The Morgan fingerprint density at radius 2 is 1.69 bits per heavy atom. The van der Waals surface area contributed by atoms with Crippen LogP contribution in [-0.4, -0.2) is 112 Å². The quantitative estimate of drug-likeness (QED) is 0.130. The third-order valence-corrected chi connectivity index (χ3v) is 6.60. The zero-order valence-corrected chi connectivity index (χ0v) is 20.9. The number of anilines is 1. The van der Waals surface area contributed by atoms with Gasteiger partial charge in [0.25, 0.3) is 0 Å². The molecule has 0 saturated carbocycles. The third kappa shape index (κ3) is 6.66. The van der Waals surface area contributed by atoms with Gasteiger partial charge in [-0.25, -0.2) is 4.79 Å². The normalized spacial score (nSPS) is 32.6. The fourth-order valence-electron chi connectivity index (χ4n) is 4.24. The molecule has 0 amide bonds. The van der Waals surface area contributed by atoms with Crippen LogP contribution in [0.4, 0.5) is 5.69 Å². The van der Waals surface area contributed by atoms with Gasteiger partial charge >= 0.3 is 5.97 Å². The summed E-state index contributed by atoms with van der Waals surface area (Å²) in [6.45, 7) is -1.75. The number of nitrogen functional groups attached to an aromatic ring is 1. The average molecular weight is 552 g/mol. The van der Waals surface area contributed by atoms with Gasteiger partial charge in [-0.05, 0) is 48.4 Å². The smallest absolute Gasteiger partial charge is 0.338 e. The van der Waals surface area contributed by atoms with Crippen molar-refractivity contribution in [2.45, 2.75) is 55.1 Å². The van der Waals surface area contributed by atoms with E-state index in [9.17, 15) is 30.3 Å². The molecular formula is C26H33NO12. The number of esters is 1.